The number of carbonyl (C=O) groups excluding carboxylic acids is 2. The van der Waals surface area contributed by atoms with E-state index in [0.29, 0.717) is 0 Å². The number of hydrogen-bond acceptors (Lipinski definition) is 3. The van der Waals surface area contributed by atoms with Gasteiger partial charge in [0, 0.05) is 14.1 Å². The highest BCUT2D eigenvalue weighted by atomic mass is 28.4. The lowest BCUT2D eigenvalue weighted by Crippen LogP contribution is -2.73. The van der Waals surface area contributed by atoms with Gasteiger partial charge in [0.2, 0.25) is 11.8 Å². The fourth-order valence-corrected chi connectivity index (χ4v) is 6.73. The van der Waals surface area contributed by atoms with E-state index in [1.165, 1.54) is 0 Å². The maximum Gasteiger partial charge on any atom is 0.238 e. The molecule has 27 heavy (non-hydrogen) atoms. The molecule has 0 aromatic carbocycles. The Kier molecular flexibility index (Phi) is 3.75. The molecule has 0 N–H and O–H groups in total. The van der Waals surface area contributed by atoms with E-state index in [-0.39, 0.29) is 34.9 Å². The molecule has 5 aliphatic heterocycles. The number of nitrogens with zero attached hydrogens (tertiary/aromatic N) is 2. The lowest BCUT2D eigenvalue weighted by Gasteiger charge is -2.59. The molecule has 148 valence electrons. The summed E-state index contributed by atoms with van der Waals surface area (Å²) in [5.74, 6) is -0.0713. The van der Waals surface area contributed by atoms with E-state index in [1.54, 1.807) is 4.90 Å². The molecule has 5 heterocycles. The molecule has 1 saturated carbocycles. The molecule has 5 atom stereocenters. The highest BCUT2D eigenvalue weighted by Gasteiger charge is 2.71. The van der Waals surface area contributed by atoms with Gasteiger partial charge in [0.15, 0.2) is 8.32 Å². The van der Waals surface area contributed by atoms with Gasteiger partial charge in [-0.3, -0.25) is 9.59 Å². The van der Waals surface area contributed by atoms with Crippen molar-refractivity contribution < 1.29 is 14.0 Å². The van der Waals surface area contributed by atoms with Gasteiger partial charge in [0.25, 0.3) is 0 Å². The Hall–Kier alpha value is -1.40. The molecule has 4 bridgehead atoms. The van der Waals surface area contributed by atoms with Crippen molar-refractivity contribution in [2.45, 2.75) is 69.4 Å². The minimum absolute atomic E-state index is 0.0616. The Balaban J connectivity index is 1.89. The van der Waals surface area contributed by atoms with Gasteiger partial charge in [-0.15, -0.1) is 0 Å². The summed E-state index contributed by atoms with van der Waals surface area (Å²) in [4.78, 5) is 30.6. The summed E-state index contributed by atoms with van der Waals surface area (Å²) >= 11 is 0. The van der Waals surface area contributed by atoms with Crippen molar-refractivity contribution in [1.29, 1.82) is 0 Å². The third kappa shape index (κ3) is 2.09. The van der Waals surface area contributed by atoms with Crippen molar-refractivity contribution in [3.05, 3.63) is 24.3 Å². The Labute approximate surface area is 163 Å². The Morgan fingerprint density at radius 1 is 1.15 bits per heavy atom. The van der Waals surface area contributed by atoms with Crippen LogP contribution in [-0.4, -0.2) is 61.7 Å². The van der Waals surface area contributed by atoms with Crippen molar-refractivity contribution in [3.8, 4) is 0 Å². The molecule has 0 unspecified atom stereocenters. The molecule has 7 rings (SSSR count). The second kappa shape index (κ2) is 5.35. The first-order valence-corrected chi connectivity index (χ1v) is 12.9. The fraction of sp³-hybridized carbons (Fsp3) is 0.714. The van der Waals surface area contributed by atoms with Crippen LogP contribution in [0.25, 0.3) is 0 Å². The van der Waals surface area contributed by atoms with E-state index >= 15 is 0 Å². The summed E-state index contributed by atoms with van der Waals surface area (Å²) in [6.07, 6.45) is 9.71. The molecule has 2 amide bonds. The van der Waals surface area contributed by atoms with E-state index in [0.717, 1.165) is 12.8 Å². The van der Waals surface area contributed by atoms with Crippen LogP contribution in [0, 0.1) is 11.3 Å². The maximum absolute atomic E-state index is 13.8. The average Bonchev–Trinajstić information content (AvgIpc) is 2.82. The first kappa shape index (κ1) is 18.9. The first-order chi connectivity index (χ1) is 12.4. The average molecular weight is 389 g/mol. The minimum atomic E-state index is -2.08. The zero-order chi connectivity index (χ0) is 20.0. The van der Waals surface area contributed by atoms with Crippen LogP contribution in [0.15, 0.2) is 24.3 Å². The highest BCUT2D eigenvalue weighted by Crippen LogP contribution is 2.60. The molecule has 2 spiro atoms. The Bertz CT molecular complexity index is 768. The van der Waals surface area contributed by atoms with E-state index in [1.807, 2.05) is 25.1 Å². The molecule has 1 saturated heterocycles. The summed E-state index contributed by atoms with van der Waals surface area (Å²) in [7, 11) is 1.64. The van der Waals surface area contributed by atoms with Crippen molar-refractivity contribution >= 4 is 20.1 Å². The number of likely N-dealkylation sites (N-methyl/N-ethyl adjacent to an activating group) is 2. The van der Waals surface area contributed by atoms with E-state index in [9.17, 15) is 9.59 Å². The second-order valence-corrected chi connectivity index (χ2v) is 15.0. The van der Waals surface area contributed by atoms with Gasteiger partial charge < -0.3 is 14.2 Å². The van der Waals surface area contributed by atoms with Crippen LogP contribution in [0.1, 0.15) is 33.6 Å². The van der Waals surface area contributed by atoms with Crippen molar-refractivity contribution in [2.24, 2.45) is 11.3 Å². The zero-order valence-corrected chi connectivity index (χ0v) is 18.6. The predicted octanol–water partition coefficient (Wildman–Crippen LogP) is 2.95. The molecular weight excluding hydrogens is 356 g/mol. The SMILES string of the molecule is CN1C(=O)[C@@]23C=C[C@@H]1[C@@H]1C=C[C@@]2(CC[C@@H]3O[Si](C)(C)C(C)(C)C)N(C)C1=O. The van der Waals surface area contributed by atoms with Crippen LogP contribution >= 0.6 is 0 Å². The van der Waals surface area contributed by atoms with Crippen LogP contribution in [0.3, 0.4) is 0 Å². The van der Waals surface area contributed by atoms with Gasteiger partial charge in [-0.05, 0) is 31.0 Å². The van der Waals surface area contributed by atoms with E-state index in [4.69, 9.17) is 4.43 Å². The van der Waals surface area contributed by atoms with Crippen LogP contribution in [0.4, 0.5) is 0 Å². The molecule has 0 aromatic rings. The van der Waals surface area contributed by atoms with Gasteiger partial charge in [-0.1, -0.05) is 45.1 Å². The number of hydrogen-bond donors (Lipinski definition) is 0. The number of carbonyl (C=O) groups is 2. The second-order valence-electron chi connectivity index (χ2n) is 10.2. The van der Waals surface area contributed by atoms with Crippen LogP contribution in [-0.2, 0) is 14.0 Å². The number of rotatable bonds is 2. The zero-order valence-electron chi connectivity index (χ0n) is 17.6. The van der Waals surface area contributed by atoms with Crippen molar-refractivity contribution in [3.63, 3.8) is 0 Å². The lowest BCUT2D eigenvalue weighted by molar-refractivity contribution is -0.165. The third-order valence-electron chi connectivity index (χ3n) is 8.09. The molecule has 0 aromatic heterocycles. The summed E-state index contributed by atoms with van der Waals surface area (Å²) in [6, 6.07) is -0.207. The van der Waals surface area contributed by atoms with Crippen molar-refractivity contribution in [1.82, 2.24) is 9.80 Å². The lowest BCUT2D eigenvalue weighted by atomic mass is 9.61. The van der Waals surface area contributed by atoms with Gasteiger partial charge in [0.05, 0.1) is 23.6 Å². The summed E-state index contributed by atoms with van der Waals surface area (Å²) in [6.45, 7) is 11.1. The third-order valence-corrected chi connectivity index (χ3v) is 12.6. The normalized spacial score (nSPS) is 40.6. The van der Waals surface area contributed by atoms with Crippen LogP contribution in [0.2, 0.25) is 18.1 Å². The molecule has 0 radical (unpaired) electrons. The smallest absolute Gasteiger partial charge is 0.238 e. The molecule has 5 nitrogen and oxygen atoms in total. The Morgan fingerprint density at radius 3 is 2.44 bits per heavy atom. The van der Waals surface area contributed by atoms with Crippen LogP contribution in [0.5, 0.6) is 0 Å². The first-order valence-electron chi connectivity index (χ1n) is 10.0. The molecule has 2 aliphatic carbocycles. The monoisotopic (exact) mass is 388 g/mol. The predicted molar refractivity (Wildman–Crippen MR) is 108 cm³/mol. The number of amides is 2. The molecule has 7 aliphatic rings. The summed E-state index contributed by atoms with van der Waals surface area (Å²) < 4.78 is 6.86. The summed E-state index contributed by atoms with van der Waals surface area (Å²) in [5.41, 5.74) is -1.46. The highest BCUT2D eigenvalue weighted by molar-refractivity contribution is 6.74. The van der Waals surface area contributed by atoms with Gasteiger partial charge in [-0.25, -0.2) is 0 Å². The largest absolute Gasteiger partial charge is 0.412 e. The fourth-order valence-electron chi connectivity index (χ4n) is 5.37. The van der Waals surface area contributed by atoms with Crippen molar-refractivity contribution in [2.75, 3.05) is 14.1 Å². The quantitative estimate of drug-likeness (QED) is 0.540. The molecule has 6 heteroatoms. The summed E-state index contributed by atoms with van der Waals surface area (Å²) in [5, 5.41) is 0.0616. The minimum Gasteiger partial charge on any atom is -0.412 e. The van der Waals surface area contributed by atoms with Gasteiger partial charge in [-0.2, -0.15) is 0 Å². The van der Waals surface area contributed by atoms with Gasteiger partial charge >= 0.3 is 0 Å². The van der Waals surface area contributed by atoms with Gasteiger partial charge in [0.1, 0.15) is 5.41 Å². The Morgan fingerprint density at radius 2 is 1.81 bits per heavy atom. The molecular formula is C21H32N2O3Si. The van der Waals surface area contributed by atoms with Crippen LogP contribution < -0.4 is 0 Å². The topological polar surface area (TPSA) is 49.9 Å². The molecule has 2 fully saturated rings. The maximum atomic E-state index is 13.8. The van der Waals surface area contributed by atoms with E-state index < -0.39 is 19.3 Å². The standard InChI is InChI=1S/C21H32N2O3Si/c1-19(2,3)27(6,7)26-16-10-12-20-11-8-14(17(24)23(20)5)15-9-13-21(16,20)18(25)22(15)4/h8-9,11,13-16H,10,12H2,1-7H3/t14-,15+,16-,20-,21-/m0/s1. The van der Waals surface area contributed by atoms with E-state index in [2.05, 4.69) is 52.1 Å².